The SMILES string of the molecule is CC(C)(Sc1ccc(C(C)(C)C)cn1)C(=O)O. The molecule has 0 fully saturated rings. The third-order valence-electron chi connectivity index (χ3n) is 2.48. The molecule has 4 heteroatoms. The molecule has 0 saturated carbocycles. The van der Waals surface area contributed by atoms with Crippen molar-refractivity contribution >= 4 is 17.7 Å². The van der Waals surface area contributed by atoms with Gasteiger partial charge >= 0.3 is 5.97 Å². The van der Waals surface area contributed by atoms with Gasteiger partial charge in [-0.05, 0) is 30.9 Å². The first kappa shape index (κ1) is 14.0. The van der Waals surface area contributed by atoms with E-state index in [1.807, 2.05) is 18.3 Å². The molecule has 0 unspecified atom stereocenters. The summed E-state index contributed by atoms with van der Waals surface area (Å²) in [6.07, 6.45) is 1.82. The Kier molecular flexibility index (Phi) is 3.87. The topological polar surface area (TPSA) is 50.2 Å². The number of carboxylic acids is 1. The van der Waals surface area contributed by atoms with E-state index in [1.165, 1.54) is 11.8 Å². The second-order valence-electron chi connectivity index (χ2n) is 5.55. The Morgan fingerprint density at radius 3 is 2.18 bits per heavy atom. The molecular weight excluding hydrogens is 234 g/mol. The number of aromatic nitrogens is 1. The van der Waals surface area contributed by atoms with Crippen LogP contribution in [0.25, 0.3) is 0 Å². The van der Waals surface area contributed by atoms with E-state index in [9.17, 15) is 4.79 Å². The molecule has 17 heavy (non-hydrogen) atoms. The number of nitrogens with zero attached hydrogens (tertiary/aromatic N) is 1. The second kappa shape index (κ2) is 4.69. The molecule has 1 aromatic rings. The first-order valence-corrected chi connectivity index (χ1v) is 6.33. The van der Waals surface area contributed by atoms with Crippen molar-refractivity contribution in [3.63, 3.8) is 0 Å². The van der Waals surface area contributed by atoms with Gasteiger partial charge in [0.25, 0.3) is 0 Å². The number of aliphatic carboxylic acids is 1. The van der Waals surface area contributed by atoms with Gasteiger partial charge in [0, 0.05) is 6.20 Å². The van der Waals surface area contributed by atoms with E-state index in [4.69, 9.17) is 5.11 Å². The summed E-state index contributed by atoms with van der Waals surface area (Å²) in [5, 5.41) is 9.78. The Morgan fingerprint density at radius 1 is 1.24 bits per heavy atom. The highest BCUT2D eigenvalue weighted by atomic mass is 32.2. The van der Waals surface area contributed by atoms with Crippen LogP contribution in [0.3, 0.4) is 0 Å². The van der Waals surface area contributed by atoms with Crippen LogP contribution in [0.1, 0.15) is 40.2 Å². The molecule has 0 aliphatic carbocycles. The summed E-state index contributed by atoms with van der Waals surface area (Å²) in [4.78, 5) is 15.3. The van der Waals surface area contributed by atoms with Gasteiger partial charge in [0.15, 0.2) is 0 Å². The van der Waals surface area contributed by atoms with Crippen LogP contribution in [-0.2, 0) is 10.2 Å². The minimum absolute atomic E-state index is 0.0680. The van der Waals surface area contributed by atoms with E-state index in [-0.39, 0.29) is 5.41 Å². The maximum atomic E-state index is 11.0. The highest BCUT2D eigenvalue weighted by Crippen LogP contribution is 2.32. The van der Waals surface area contributed by atoms with E-state index >= 15 is 0 Å². The summed E-state index contributed by atoms with van der Waals surface area (Å²) in [6, 6.07) is 3.89. The van der Waals surface area contributed by atoms with Gasteiger partial charge in [-0.1, -0.05) is 38.6 Å². The number of rotatable bonds is 3. The predicted octanol–water partition coefficient (Wildman–Crippen LogP) is 3.33. The number of carbonyl (C=O) groups is 1. The van der Waals surface area contributed by atoms with Crippen LogP contribution < -0.4 is 0 Å². The van der Waals surface area contributed by atoms with Crippen molar-refractivity contribution in [3.8, 4) is 0 Å². The molecule has 3 nitrogen and oxygen atoms in total. The molecule has 1 aromatic heterocycles. The van der Waals surface area contributed by atoms with Crippen LogP contribution in [0, 0.1) is 0 Å². The first-order chi connectivity index (χ1) is 7.63. The quantitative estimate of drug-likeness (QED) is 0.839. The lowest BCUT2D eigenvalue weighted by molar-refractivity contribution is -0.138. The molecule has 0 aliphatic heterocycles. The number of carboxylic acid groups (broad SMARTS) is 1. The van der Waals surface area contributed by atoms with Crippen molar-refractivity contribution < 1.29 is 9.90 Å². The number of hydrogen-bond acceptors (Lipinski definition) is 3. The Labute approximate surface area is 107 Å². The van der Waals surface area contributed by atoms with Crippen molar-refractivity contribution in [3.05, 3.63) is 23.9 Å². The normalized spacial score (nSPS) is 12.5. The molecular formula is C13H19NO2S. The van der Waals surface area contributed by atoms with Crippen LogP contribution in [0.5, 0.6) is 0 Å². The molecule has 0 atom stereocenters. The summed E-state index contributed by atoms with van der Waals surface area (Å²) in [5.74, 6) is -0.829. The molecule has 0 saturated heterocycles. The minimum Gasteiger partial charge on any atom is -0.480 e. The third-order valence-corrected chi connectivity index (χ3v) is 3.61. The van der Waals surface area contributed by atoms with E-state index in [0.29, 0.717) is 0 Å². The van der Waals surface area contributed by atoms with Gasteiger partial charge < -0.3 is 5.11 Å². The lowest BCUT2D eigenvalue weighted by Crippen LogP contribution is -2.27. The molecule has 0 aliphatic rings. The second-order valence-corrected chi connectivity index (χ2v) is 7.20. The Morgan fingerprint density at radius 2 is 1.82 bits per heavy atom. The fourth-order valence-electron chi connectivity index (χ4n) is 1.19. The fourth-order valence-corrected chi connectivity index (χ4v) is 2.04. The number of pyridine rings is 1. The lowest BCUT2D eigenvalue weighted by Gasteiger charge is -2.20. The van der Waals surface area contributed by atoms with Gasteiger partial charge in [-0.3, -0.25) is 4.79 Å². The molecule has 0 bridgehead atoms. The summed E-state index contributed by atoms with van der Waals surface area (Å²) in [5.41, 5.74) is 1.22. The van der Waals surface area contributed by atoms with Crippen LogP contribution >= 0.6 is 11.8 Å². The zero-order valence-corrected chi connectivity index (χ0v) is 11.8. The van der Waals surface area contributed by atoms with Crippen LogP contribution in [0.15, 0.2) is 23.4 Å². The predicted molar refractivity (Wildman–Crippen MR) is 70.5 cm³/mol. The standard InChI is InChI=1S/C13H19NO2S/c1-12(2,3)9-6-7-10(14-8-9)17-13(4,5)11(15)16/h6-8H,1-5H3,(H,15,16). The maximum Gasteiger partial charge on any atom is 0.319 e. The van der Waals surface area contributed by atoms with Crippen LogP contribution in [0.2, 0.25) is 0 Å². The smallest absolute Gasteiger partial charge is 0.319 e. The van der Waals surface area contributed by atoms with Crippen molar-refractivity contribution in [2.24, 2.45) is 0 Å². The van der Waals surface area contributed by atoms with Crippen LogP contribution in [0.4, 0.5) is 0 Å². The molecule has 0 amide bonds. The Hall–Kier alpha value is -1.03. The number of thioether (sulfide) groups is 1. The maximum absolute atomic E-state index is 11.0. The largest absolute Gasteiger partial charge is 0.480 e. The monoisotopic (exact) mass is 253 g/mol. The number of hydrogen-bond donors (Lipinski definition) is 1. The molecule has 0 aromatic carbocycles. The first-order valence-electron chi connectivity index (χ1n) is 5.52. The molecule has 94 valence electrons. The van der Waals surface area contributed by atoms with E-state index in [2.05, 4.69) is 25.8 Å². The van der Waals surface area contributed by atoms with Gasteiger partial charge in [-0.25, -0.2) is 4.98 Å². The van der Waals surface area contributed by atoms with E-state index in [1.54, 1.807) is 13.8 Å². The van der Waals surface area contributed by atoms with Gasteiger partial charge in [0.05, 0.1) is 5.03 Å². The fraction of sp³-hybridized carbons (Fsp3) is 0.538. The zero-order valence-electron chi connectivity index (χ0n) is 10.9. The molecule has 0 radical (unpaired) electrons. The Balaban J connectivity index is 2.86. The van der Waals surface area contributed by atoms with Crippen molar-refractivity contribution in [1.29, 1.82) is 0 Å². The highest BCUT2D eigenvalue weighted by molar-refractivity contribution is 8.01. The van der Waals surface area contributed by atoms with Crippen molar-refractivity contribution in [2.75, 3.05) is 0 Å². The third kappa shape index (κ3) is 3.73. The zero-order chi connectivity index (χ0) is 13.3. The minimum atomic E-state index is -0.851. The Bertz CT molecular complexity index is 404. The van der Waals surface area contributed by atoms with Gasteiger partial charge in [-0.2, -0.15) is 0 Å². The van der Waals surface area contributed by atoms with Crippen molar-refractivity contribution in [1.82, 2.24) is 4.98 Å². The van der Waals surface area contributed by atoms with E-state index < -0.39 is 10.7 Å². The molecule has 0 spiro atoms. The summed E-state index contributed by atoms with van der Waals surface area (Å²) in [6.45, 7) is 9.73. The molecule has 1 heterocycles. The van der Waals surface area contributed by atoms with Crippen LogP contribution in [-0.4, -0.2) is 20.8 Å². The van der Waals surface area contributed by atoms with Gasteiger partial charge in [0.1, 0.15) is 4.75 Å². The lowest BCUT2D eigenvalue weighted by atomic mass is 9.88. The van der Waals surface area contributed by atoms with E-state index in [0.717, 1.165) is 10.6 Å². The molecule has 1 rings (SSSR count). The average molecular weight is 253 g/mol. The van der Waals surface area contributed by atoms with Crippen molar-refractivity contribution in [2.45, 2.75) is 49.8 Å². The summed E-state index contributed by atoms with van der Waals surface area (Å²) < 4.78 is -0.851. The average Bonchev–Trinajstić information content (AvgIpc) is 2.16. The summed E-state index contributed by atoms with van der Waals surface area (Å²) >= 11 is 1.26. The summed E-state index contributed by atoms with van der Waals surface area (Å²) in [7, 11) is 0. The molecule has 1 N–H and O–H groups in total. The van der Waals surface area contributed by atoms with Gasteiger partial charge in [0.2, 0.25) is 0 Å². The highest BCUT2D eigenvalue weighted by Gasteiger charge is 2.29. The van der Waals surface area contributed by atoms with Gasteiger partial charge in [-0.15, -0.1) is 0 Å².